The van der Waals surface area contributed by atoms with E-state index in [9.17, 15) is 0 Å². The van der Waals surface area contributed by atoms with Crippen molar-refractivity contribution < 1.29 is 0 Å². The van der Waals surface area contributed by atoms with Crippen molar-refractivity contribution in [3.8, 4) is 44.5 Å². The molecule has 1 spiro atoms. The van der Waals surface area contributed by atoms with Gasteiger partial charge in [0.2, 0.25) is 0 Å². The van der Waals surface area contributed by atoms with E-state index in [1.54, 1.807) is 0 Å². The van der Waals surface area contributed by atoms with Crippen molar-refractivity contribution in [2.24, 2.45) is 0 Å². The summed E-state index contributed by atoms with van der Waals surface area (Å²) in [6.07, 6.45) is 0. The summed E-state index contributed by atoms with van der Waals surface area (Å²) >= 11 is 1.88. The van der Waals surface area contributed by atoms with Gasteiger partial charge in [-0.3, -0.25) is 0 Å². The van der Waals surface area contributed by atoms with E-state index in [1.807, 2.05) is 11.3 Å². The number of fused-ring (bicyclic) bond motifs is 14. The summed E-state index contributed by atoms with van der Waals surface area (Å²) in [7, 11) is 0. The zero-order chi connectivity index (χ0) is 46.8. The molecule has 69 heavy (non-hydrogen) atoms. The van der Waals surface area contributed by atoms with Gasteiger partial charge < -0.3 is 4.90 Å². The van der Waals surface area contributed by atoms with Crippen LogP contribution in [0.5, 0.6) is 0 Å². The van der Waals surface area contributed by atoms with Crippen LogP contribution in [0.25, 0.3) is 75.5 Å². The highest BCUT2D eigenvalue weighted by Crippen LogP contribution is 2.65. The number of rotatable bonds is 5. The van der Waals surface area contributed by atoms with Crippen molar-refractivity contribution in [3.05, 3.63) is 246 Å². The largest absolute Gasteiger partial charge is 0.309 e. The highest BCUT2D eigenvalue weighted by molar-refractivity contribution is 7.26. The van der Waals surface area contributed by atoms with Gasteiger partial charge in [0.1, 0.15) is 0 Å². The molecule has 0 saturated carbocycles. The highest BCUT2D eigenvalue weighted by Gasteiger charge is 2.53. The number of nitrogens with zero attached hydrogens (tertiary/aromatic N) is 1. The fourth-order valence-electron chi connectivity index (χ4n) is 11.7. The number of thiophene rings is 1. The molecular formula is C67H53NS. The lowest BCUT2D eigenvalue weighted by Crippen LogP contribution is -2.27. The lowest BCUT2D eigenvalue weighted by molar-refractivity contribution is 0.586. The fraction of sp³-hybridized carbons (Fsp3) is 0.134. The number of hydrogen-bond acceptors (Lipinski definition) is 2. The van der Waals surface area contributed by atoms with Gasteiger partial charge in [0.15, 0.2) is 0 Å². The van der Waals surface area contributed by atoms with E-state index in [2.05, 4.69) is 259 Å². The van der Waals surface area contributed by atoms with Gasteiger partial charge in [0.25, 0.3) is 0 Å². The minimum absolute atomic E-state index is 0.0193. The molecule has 2 aliphatic carbocycles. The van der Waals surface area contributed by atoms with E-state index in [0.717, 1.165) is 5.69 Å². The van der Waals surface area contributed by atoms with Gasteiger partial charge in [-0.15, -0.1) is 11.3 Å². The van der Waals surface area contributed by atoms with Crippen LogP contribution in [0, 0.1) is 0 Å². The molecule has 13 rings (SSSR count). The minimum Gasteiger partial charge on any atom is -0.309 e. The molecule has 0 fully saturated rings. The third-order valence-electron chi connectivity index (χ3n) is 15.2. The van der Waals surface area contributed by atoms with E-state index in [4.69, 9.17) is 0 Å². The molecule has 0 bridgehead atoms. The zero-order valence-electron chi connectivity index (χ0n) is 40.1. The van der Waals surface area contributed by atoms with Crippen LogP contribution in [-0.2, 0) is 16.2 Å². The highest BCUT2D eigenvalue weighted by atomic mass is 32.1. The number of benzene rings is 10. The summed E-state index contributed by atoms with van der Waals surface area (Å²) < 4.78 is 2.59. The normalized spacial score (nSPS) is 13.5. The van der Waals surface area contributed by atoms with Gasteiger partial charge in [0, 0.05) is 31.4 Å². The van der Waals surface area contributed by atoms with Gasteiger partial charge in [-0.05, 0) is 136 Å². The lowest BCUT2D eigenvalue weighted by Gasteiger charge is -2.33. The third-order valence-corrected chi connectivity index (χ3v) is 16.3. The van der Waals surface area contributed by atoms with E-state index in [-0.39, 0.29) is 10.8 Å². The Morgan fingerprint density at radius 1 is 0.377 bits per heavy atom. The maximum Gasteiger partial charge on any atom is 0.0726 e. The Labute approximate surface area is 410 Å². The molecule has 10 aromatic carbocycles. The van der Waals surface area contributed by atoms with Crippen molar-refractivity contribution >= 4 is 59.3 Å². The maximum absolute atomic E-state index is 2.57. The molecule has 0 aliphatic heterocycles. The maximum atomic E-state index is 2.57. The summed E-state index contributed by atoms with van der Waals surface area (Å²) in [5, 5.41) is 5.09. The second-order valence-electron chi connectivity index (χ2n) is 21.3. The first-order valence-corrected chi connectivity index (χ1v) is 25.2. The molecule has 0 unspecified atom stereocenters. The standard InChI is InChI=1S/C67H53NS/c1-65(2,3)48-33-37-51-52-38-34-49(66(4,5)6)41-58(52)67(57(51)40-48)55-19-11-9-17-53(55)63-56(67)20-13-21-59(63)68(60-22-14-24-62-64(60)54-18-10-12-23-61(54)69-62)50-35-31-44(32-36-50)43-25-27-45(28-26-43)47-30-29-42-15-7-8-16-46(42)39-47/h7-41H,1-6H3. The topological polar surface area (TPSA) is 3.24 Å². The monoisotopic (exact) mass is 903 g/mol. The van der Waals surface area contributed by atoms with Crippen LogP contribution in [-0.4, -0.2) is 0 Å². The van der Waals surface area contributed by atoms with Crippen LogP contribution >= 0.6 is 11.3 Å². The molecule has 11 aromatic rings. The molecule has 0 saturated heterocycles. The number of hydrogen-bond donors (Lipinski definition) is 0. The molecule has 2 aliphatic rings. The summed E-state index contributed by atoms with van der Waals surface area (Å²) in [6, 6.07) is 80.6. The molecule has 1 heterocycles. The van der Waals surface area contributed by atoms with Gasteiger partial charge in [-0.2, -0.15) is 0 Å². The van der Waals surface area contributed by atoms with Gasteiger partial charge >= 0.3 is 0 Å². The second kappa shape index (κ2) is 15.2. The van der Waals surface area contributed by atoms with E-state index < -0.39 is 5.41 Å². The summed E-state index contributed by atoms with van der Waals surface area (Å²) in [6.45, 7) is 14.1. The Bertz CT molecular complexity index is 3790. The first-order valence-electron chi connectivity index (χ1n) is 24.4. The fourth-order valence-corrected chi connectivity index (χ4v) is 12.8. The van der Waals surface area contributed by atoms with Crippen molar-refractivity contribution in [2.75, 3.05) is 4.90 Å². The molecule has 332 valence electrons. The van der Waals surface area contributed by atoms with Crippen molar-refractivity contribution in [1.82, 2.24) is 0 Å². The predicted octanol–water partition coefficient (Wildman–Crippen LogP) is 18.9. The predicted molar refractivity (Wildman–Crippen MR) is 296 cm³/mol. The Hall–Kier alpha value is -7.52. The van der Waals surface area contributed by atoms with Crippen LogP contribution in [0.2, 0.25) is 0 Å². The van der Waals surface area contributed by atoms with Crippen molar-refractivity contribution in [3.63, 3.8) is 0 Å². The van der Waals surface area contributed by atoms with Crippen molar-refractivity contribution in [1.29, 1.82) is 0 Å². The SMILES string of the molecule is CC(C)(C)c1ccc2c(c1)C1(c3cc(C(C)(C)C)ccc3-2)c2ccccc2-c2c(N(c3ccc(-c4ccc(-c5ccc6ccccc6c5)cc4)cc3)c3cccc4sc5ccccc5c34)cccc21. The molecule has 0 amide bonds. The van der Waals surface area contributed by atoms with Gasteiger partial charge in [0.05, 0.1) is 16.8 Å². The smallest absolute Gasteiger partial charge is 0.0726 e. The van der Waals surface area contributed by atoms with Crippen molar-refractivity contribution in [2.45, 2.75) is 57.8 Å². The number of anilines is 3. The van der Waals surface area contributed by atoms with Crippen LogP contribution in [0.15, 0.2) is 212 Å². The Morgan fingerprint density at radius 3 is 1.61 bits per heavy atom. The average molecular weight is 904 g/mol. The first-order chi connectivity index (χ1) is 33.5. The quantitative estimate of drug-likeness (QED) is 0.166. The molecule has 1 aromatic heterocycles. The lowest BCUT2D eigenvalue weighted by atomic mass is 9.69. The van der Waals surface area contributed by atoms with Crippen LogP contribution in [0.4, 0.5) is 17.1 Å². The average Bonchev–Trinajstić information content (AvgIpc) is 4.00. The Balaban J connectivity index is 1.03. The third kappa shape index (κ3) is 6.35. The summed E-state index contributed by atoms with van der Waals surface area (Å²) in [5.41, 5.74) is 21.2. The summed E-state index contributed by atoms with van der Waals surface area (Å²) in [5.74, 6) is 0. The molecule has 0 radical (unpaired) electrons. The van der Waals surface area contributed by atoms with Gasteiger partial charge in [-0.25, -0.2) is 0 Å². The molecule has 0 N–H and O–H groups in total. The van der Waals surface area contributed by atoms with E-state index in [1.165, 1.54) is 120 Å². The van der Waals surface area contributed by atoms with Crippen LogP contribution < -0.4 is 4.90 Å². The molecule has 1 nitrogen and oxygen atoms in total. The zero-order valence-corrected chi connectivity index (χ0v) is 40.9. The van der Waals surface area contributed by atoms with Gasteiger partial charge in [-0.1, -0.05) is 211 Å². The van der Waals surface area contributed by atoms with Crippen LogP contribution in [0.3, 0.4) is 0 Å². The van der Waals surface area contributed by atoms with Crippen LogP contribution in [0.1, 0.15) is 74.9 Å². The molecular weight excluding hydrogens is 851 g/mol. The molecule has 0 atom stereocenters. The van der Waals surface area contributed by atoms with E-state index >= 15 is 0 Å². The summed E-state index contributed by atoms with van der Waals surface area (Å²) in [4.78, 5) is 2.57. The first kappa shape index (κ1) is 41.7. The second-order valence-corrected chi connectivity index (χ2v) is 22.4. The van der Waals surface area contributed by atoms with E-state index in [0.29, 0.717) is 0 Å². The Kier molecular flexibility index (Phi) is 9.20. The Morgan fingerprint density at radius 2 is 0.913 bits per heavy atom. The minimum atomic E-state index is -0.509. The molecule has 2 heteroatoms.